The minimum atomic E-state index is -1.07. The van der Waals surface area contributed by atoms with E-state index in [2.05, 4.69) is 16.1 Å². The van der Waals surface area contributed by atoms with E-state index in [1.807, 2.05) is 0 Å². The number of carbonyl (C=O) groups excluding carboxylic acids is 3. The third-order valence-electron chi connectivity index (χ3n) is 1.95. The summed E-state index contributed by atoms with van der Waals surface area (Å²) in [6.07, 6.45) is 0. The lowest BCUT2D eigenvalue weighted by atomic mass is 10.1. The van der Waals surface area contributed by atoms with Crippen LogP contribution in [-0.2, 0) is 19.1 Å². The molecule has 5 nitrogen and oxygen atoms in total. The number of carbonyl (C=O) groups is 3. The molecule has 1 aromatic carbocycles. The quantitative estimate of drug-likeness (QED) is 0.273. The summed E-state index contributed by atoms with van der Waals surface area (Å²) in [5.74, 6) is -2.55. The van der Waals surface area contributed by atoms with E-state index in [0.29, 0.717) is 0 Å². The van der Waals surface area contributed by atoms with Crippen molar-refractivity contribution in [2.24, 2.45) is 0 Å². The van der Waals surface area contributed by atoms with Gasteiger partial charge in [0, 0.05) is 11.1 Å². The number of hydrogen-bond donors (Lipinski definition) is 0. The minimum absolute atomic E-state index is 0. The molecule has 1 rings (SSSR count). The molecule has 0 saturated carbocycles. The van der Waals surface area contributed by atoms with Crippen LogP contribution in [0.25, 0.3) is 0 Å². The Morgan fingerprint density at radius 3 is 2.00 bits per heavy atom. The maximum atomic E-state index is 11.5. The van der Waals surface area contributed by atoms with Crippen LogP contribution in [0, 0.1) is 0 Å². The number of ether oxygens (including phenoxy) is 2. The van der Waals surface area contributed by atoms with Crippen molar-refractivity contribution in [1.29, 1.82) is 0 Å². The van der Waals surface area contributed by atoms with Crippen LogP contribution in [0.15, 0.2) is 42.5 Å². The van der Waals surface area contributed by atoms with E-state index in [1.165, 1.54) is 19.1 Å². The molecule has 5 heteroatoms. The normalized spacial score (nSPS) is 8.45. The summed E-state index contributed by atoms with van der Waals surface area (Å²) in [4.78, 5) is 33.8. The highest BCUT2D eigenvalue weighted by atomic mass is 16.7. The van der Waals surface area contributed by atoms with Crippen molar-refractivity contribution in [2.45, 2.75) is 21.8 Å². The fourth-order valence-electron chi connectivity index (χ4n) is 1.03. The molecule has 0 aliphatic rings. The van der Waals surface area contributed by atoms with Gasteiger partial charge in [-0.2, -0.15) is 0 Å². The van der Waals surface area contributed by atoms with Crippen molar-refractivity contribution in [1.82, 2.24) is 0 Å². The van der Waals surface area contributed by atoms with Crippen molar-refractivity contribution in [3.05, 3.63) is 48.0 Å². The summed E-state index contributed by atoms with van der Waals surface area (Å²) in [5.41, 5.74) is 0.397. The molecule has 20 heavy (non-hydrogen) atoms. The predicted octanol–water partition coefficient (Wildman–Crippen LogP) is 2.76. The molecule has 0 unspecified atom stereocenters. The second kappa shape index (κ2) is 9.49. The Morgan fingerprint density at radius 2 is 1.50 bits per heavy atom. The molecule has 0 N–H and O–H groups in total. The molecule has 110 valence electrons. The molecule has 0 fully saturated rings. The molecule has 1 aromatic rings. The molecule has 0 heterocycles. The van der Waals surface area contributed by atoms with E-state index >= 15 is 0 Å². The Labute approximate surface area is 119 Å². The van der Waals surface area contributed by atoms with Crippen LogP contribution in [0.1, 0.15) is 32.1 Å². The zero-order valence-electron chi connectivity index (χ0n) is 9.84. The van der Waals surface area contributed by atoms with Crippen LogP contribution in [0.4, 0.5) is 0 Å². The van der Waals surface area contributed by atoms with E-state index in [4.69, 9.17) is 0 Å². The first kappa shape index (κ1) is 19.9. The van der Waals surface area contributed by atoms with Crippen LogP contribution in [0.5, 0.6) is 0 Å². The Morgan fingerprint density at radius 1 is 1.00 bits per heavy atom. The highest BCUT2D eigenvalue weighted by Gasteiger charge is 2.17. The molecule has 0 bridgehead atoms. The fourth-order valence-corrected chi connectivity index (χ4v) is 1.03. The topological polar surface area (TPSA) is 69.7 Å². The molecular weight excluding hydrogens is 260 g/mol. The summed E-state index contributed by atoms with van der Waals surface area (Å²) in [7, 11) is 0. The molecule has 0 aliphatic carbocycles. The first-order valence-corrected chi connectivity index (χ1v) is 5.11. The van der Waals surface area contributed by atoms with Gasteiger partial charge in [-0.3, -0.25) is 4.79 Å². The van der Waals surface area contributed by atoms with Gasteiger partial charge in [-0.05, 0) is 6.92 Å². The van der Waals surface area contributed by atoms with E-state index < -0.39 is 24.5 Å². The number of ketones is 1. The van der Waals surface area contributed by atoms with Crippen LogP contribution >= 0.6 is 0 Å². The van der Waals surface area contributed by atoms with Crippen molar-refractivity contribution >= 4 is 17.7 Å². The zero-order chi connectivity index (χ0) is 13.5. The molecular formula is C15H20O5. The summed E-state index contributed by atoms with van der Waals surface area (Å²) in [5, 5.41) is 0. The molecule has 0 atom stereocenters. The average molecular weight is 280 g/mol. The lowest BCUT2D eigenvalue weighted by molar-refractivity contribution is -0.161. The van der Waals surface area contributed by atoms with E-state index in [1.54, 1.807) is 18.2 Å². The number of esters is 2. The van der Waals surface area contributed by atoms with E-state index in [-0.39, 0.29) is 26.0 Å². The van der Waals surface area contributed by atoms with Gasteiger partial charge in [-0.25, -0.2) is 9.59 Å². The zero-order valence-corrected chi connectivity index (χ0v) is 9.84. The smallest absolute Gasteiger partial charge is 0.382 e. The van der Waals surface area contributed by atoms with E-state index in [9.17, 15) is 14.4 Å². The van der Waals surface area contributed by atoms with Gasteiger partial charge in [-0.15, -0.1) is 0 Å². The highest BCUT2D eigenvalue weighted by molar-refractivity contribution is 6.40. The van der Waals surface area contributed by atoms with E-state index in [0.717, 1.165) is 0 Å². The molecule has 0 aliphatic heterocycles. The lowest BCUT2D eigenvalue weighted by Gasteiger charge is -2.05. The lowest BCUT2D eigenvalue weighted by Crippen LogP contribution is -2.20. The first-order chi connectivity index (χ1) is 8.52. The van der Waals surface area contributed by atoms with Gasteiger partial charge in [-0.1, -0.05) is 51.8 Å². The van der Waals surface area contributed by atoms with Gasteiger partial charge in [0.15, 0.2) is 0 Å². The van der Waals surface area contributed by atoms with Crippen LogP contribution < -0.4 is 0 Å². The Kier molecular flexibility index (Phi) is 9.45. The van der Waals surface area contributed by atoms with Gasteiger partial charge in [0.1, 0.15) is 0 Å². The van der Waals surface area contributed by atoms with Crippen molar-refractivity contribution in [2.75, 3.05) is 6.79 Å². The van der Waals surface area contributed by atoms with Crippen molar-refractivity contribution in [3.63, 3.8) is 0 Å². The van der Waals surface area contributed by atoms with Crippen molar-refractivity contribution < 1.29 is 23.9 Å². The van der Waals surface area contributed by atoms with Crippen LogP contribution in [-0.4, -0.2) is 24.5 Å². The first-order valence-electron chi connectivity index (χ1n) is 5.11. The van der Waals surface area contributed by atoms with Gasteiger partial charge in [0.25, 0.3) is 5.78 Å². The van der Waals surface area contributed by atoms with Crippen LogP contribution in [0.2, 0.25) is 0 Å². The van der Waals surface area contributed by atoms with Gasteiger partial charge >= 0.3 is 11.9 Å². The second-order valence-corrected chi connectivity index (χ2v) is 3.46. The summed E-state index contributed by atoms with van der Waals surface area (Å²) in [6, 6.07) is 7.95. The summed E-state index contributed by atoms with van der Waals surface area (Å²) < 4.78 is 9.03. The molecule has 0 saturated heterocycles. The predicted molar refractivity (Wildman–Crippen MR) is 76.1 cm³/mol. The monoisotopic (exact) mass is 280 g/mol. The Hall–Kier alpha value is -2.43. The molecule has 0 amide bonds. The SMILES string of the molecule is C.C.C=C(C)C(=O)OCOC(=O)C(=O)c1ccccc1. The summed E-state index contributed by atoms with van der Waals surface area (Å²) in [6.45, 7) is 4.20. The third-order valence-corrected chi connectivity index (χ3v) is 1.95. The number of hydrogen-bond acceptors (Lipinski definition) is 5. The Bertz CT molecular complexity index is 476. The standard InChI is InChI=1S/C13H12O5.2CH4/c1-9(2)12(15)17-8-18-13(16)11(14)10-6-4-3-5-7-10;;/h3-7H,1,8H2,2H3;2*1H4. The second-order valence-electron chi connectivity index (χ2n) is 3.46. The largest absolute Gasteiger partial charge is 0.425 e. The Balaban J connectivity index is 0. The highest BCUT2D eigenvalue weighted by Crippen LogP contribution is 2.01. The summed E-state index contributed by atoms with van der Waals surface area (Å²) >= 11 is 0. The minimum Gasteiger partial charge on any atom is -0.425 e. The molecule has 0 aromatic heterocycles. The van der Waals surface area contributed by atoms with Crippen LogP contribution in [0.3, 0.4) is 0 Å². The fraction of sp³-hybridized carbons (Fsp3) is 0.267. The maximum Gasteiger partial charge on any atom is 0.382 e. The third kappa shape index (κ3) is 5.95. The van der Waals surface area contributed by atoms with Gasteiger partial charge < -0.3 is 9.47 Å². The number of Topliss-reactive ketones (excluding diaryl/α,β-unsaturated/α-hetero) is 1. The van der Waals surface area contributed by atoms with Gasteiger partial charge in [0.05, 0.1) is 0 Å². The number of rotatable bonds is 5. The number of benzene rings is 1. The van der Waals surface area contributed by atoms with Crippen molar-refractivity contribution in [3.8, 4) is 0 Å². The molecule has 0 radical (unpaired) electrons. The van der Waals surface area contributed by atoms with Gasteiger partial charge in [0.2, 0.25) is 6.79 Å². The molecule has 0 spiro atoms. The maximum absolute atomic E-state index is 11.5. The average Bonchev–Trinajstić information content (AvgIpc) is 2.38.